The number of aromatic nitrogens is 4. The standard InChI is InChI=1S/C25H25N7O3S/c1-34-18-8-7-15(13-19(18)35-2)17-14-27-22-21(28-17)23(30-25(26)29-22)31-9-11-32(12-10-31)24(33)16-5-3-4-6-20(16)36/h3-8,13-14,36H,9-12H2,1-2H3,(H2,26,27,29,30). The SMILES string of the molecule is COc1ccc(-c2cnc3nc(N)nc(N4CCN(C(=O)c5ccccc5S)CC4)c3n2)cc1OC. The zero-order valence-corrected chi connectivity index (χ0v) is 20.8. The van der Waals surface area contributed by atoms with Crippen molar-refractivity contribution in [2.45, 2.75) is 4.90 Å². The second kappa shape index (κ2) is 9.86. The zero-order valence-electron chi connectivity index (χ0n) is 19.9. The van der Waals surface area contributed by atoms with Gasteiger partial charge in [-0.3, -0.25) is 4.79 Å². The minimum absolute atomic E-state index is 0.0390. The number of piperazine rings is 1. The number of ether oxygens (including phenoxy) is 2. The van der Waals surface area contributed by atoms with Crippen LogP contribution in [0.1, 0.15) is 10.4 Å². The van der Waals surface area contributed by atoms with Crippen LogP contribution in [0.25, 0.3) is 22.4 Å². The molecule has 1 amide bonds. The summed E-state index contributed by atoms with van der Waals surface area (Å²) in [5, 5.41) is 0. The summed E-state index contributed by atoms with van der Waals surface area (Å²) >= 11 is 4.43. The number of nitrogen functional groups attached to an aromatic ring is 1. The van der Waals surface area contributed by atoms with E-state index in [0.717, 1.165) is 5.56 Å². The van der Waals surface area contributed by atoms with Gasteiger partial charge in [-0.1, -0.05) is 12.1 Å². The van der Waals surface area contributed by atoms with E-state index in [2.05, 4.69) is 32.5 Å². The molecule has 1 fully saturated rings. The van der Waals surface area contributed by atoms with Gasteiger partial charge in [-0.05, 0) is 30.3 Å². The molecule has 1 aliphatic rings. The lowest BCUT2D eigenvalue weighted by molar-refractivity contribution is 0.0743. The third-order valence-electron chi connectivity index (χ3n) is 6.09. The monoisotopic (exact) mass is 503 g/mol. The van der Waals surface area contributed by atoms with Crippen LogP contribution in [-0.2, 0) is 0 Å². The third-order valence-corrected chi connectivity index (χ3v) is 6.48. The van der Waals surface area contributed by atoms with Crippen molar-refractivity contribution < 1.29 is 14.3 Å². The predicted molar refractivity (Wildman–Crippen MR) is 140 cm³/mol. The molecule has 1 aliphatic heterocycles. The molecule has 0 radical (unpaired) electrons. The predicted octanol–water partition coefficient (Wildman–Crippen LogP) is 2.94. The summed E-state index contributed by atoms with van der Waals surface area (Å²) in [4.78, 5) is 35.6. The van der Waals surface area contributed by atoms with E-state index in [4.69, 9.17) is 20.2 Å². The van der Waals surface area contributed by atoms with E-state index in [1.165, 1.54) is 0 Å². The number of benzene rings is 2. The highest BCUT2D eigenvalue weighted by molar-refractivity contribution is 7.80. The molecular formula is C25H25N7O3S. The Morgan fingerprint density at radius 1 is 0.972 bits per heavy atom. The third kappa shape index (κ3) is 4.44. The molecule has 4 aromatic rings. The van der Waals surface area contributed by atoms with Crippen LogP contribution in [0.15, 0.2) is 53.6 Å². The van der Waals surface area contributed by atoms with Gasteiger partial charge in [0.25, 0.3) is 5.91 Å². The van der Waals surface area contributed by atoms with Crippen molar-refractivity contribution in [3.8, 4) is 22.8 Å². The van der Waals surface area contributed by atoms with E-state index >= 15 is 0 Å². The van der Waals surface area contributed by atoms with Crippen LogP contribution in [0.4, 0.5) is 11.8 Å². The van der Waals surface area contributed by atoms with Crippen LogP contribution in [0.3, 0.4) is 0 Å². The summed E-state index contributed by atoms with van der Waals surface area (Å²) in [5.74, 6) is 1.89. The first-order valence-corrected chi connectivity index (χ1v) is 11.8. The van der Waals surface area contributed by atoms with Crippen molar-refractivity contribution in [1.29, 1.82) is 0 Å². The van der Waals surface area contributed by atoms with Gasteiger partial charge in [0, 0.05) is 36.6 Å². The number of fused-ring (bicyclic) bond motifs is 1. The molecule has 5 rings (SSSR count). The topological polar surface area (TPSA) is 120 Å². The molecule has 0 aliphatic carbocycles. The highest BCUT2D eigenvalue weighted by atomic mass is 32.1. The fraction of sp³-hybridized carbons (Fsp3) is 0.240. The van der Waals surface area contributed by atoms with Crippen LogP contribution in [0, 0.1) is 0 Å². The average Bonchev–Trinajstić information content (AvgIpc) is 2.92. The molecule has 0 unspecified atom stereocenters. The maximum absolute atomic E-state index is 13.0. The van der Waals surface area contributed by atoms with Gasteiger partial charge in [0.05, 0.1) is 31.7 Å². The van der Waals surface area contributed by atoms with Crippen molar-refractivity contribution in [3.63, 3.8) is 0 Å². The minimum atomic E-state index is -0.0390. The lowest BCUT2D eigenvalue weighted by atomic mass is 10.1. The first kappa shape index (κ1) is 23.6. The molecular weight excluding hydrogens is 478 g/mol. The number of methoxy groups -OCH3 is 2. The largest absolute Gasteiger partial charge is 0.493 e. The van der Waals surface area contributed by atoms with Crippen molar-refractivity contribution in [2.24, 2.45) is 0 Å². The van der Waals surface area contributed by atoms with Crippen molar-refractivity contribution in [3.05, 3.63) is 54.2 Å². The number of nitrogens with two attached hydrogens (primary N) is 1. The van der Waals surface area contributed by atoms with Crippen molar-refractivity contribution in [1.82, 2.24) is 24.8 Å². The number of thiol groups is 1. The van der Waals surface area contributed by atoms with Gasteiger partial charge in [0.1, 0.15) is 0 Å². The van der Waals surface area contributed by atoms with Crippen LogP contribution in [0.5, 0.6) is 11.5 Å². The van der Waals surface area contributed by atoms with Gasteiger partial charge in [0.2, 0.25) is 5.95 Å². The Labute approximate surface area is 213 Å². The van der Waals surface area contributed by atoms with Gasteiger partial charge in [-0.2, -0.15) is 9.97 Å². The Morgan fingerprint density at radius 2 is 1.72 bits per heavy atom. The van der Waals surface area contributed by atoms with E-state index in [1.54, 1.807) is 26.5 Å². The van der Waals surface area contributed by atoms with E-state index in [-0.39, 0.29) is 11.9 Å². The quantitative estimate of drug-likeness (QED) is 0.396. The number of carbonyl (C=O) groups is 1. The number of rotatable bonds is 5. The Hall–Kier alpha value is -4.12. The summed E-state index contributed by atoms with van der Waals surface area (Å²) < 4.78 is 10.8. The average molecular weight is 504 g/mol. The first-order valence-electron chi connectivity index (χ1n) is 11.3. The van der Waals surface area contributed by atoms with Crippen LogP contribution in [0.2, 0.25) is 0 Å². The fourth-order valence-corrected chi connectivity index (χ4v) is 4.47. The molecule has 1 saturated heterocycles. The molecule has 3 heterocycles. The first-order chi connectivity index (χ1) is 17.5. The number of nitrogens with zero attached hydrogens (tertiary/aromatic N) is 6. The molecule has 36 heavy (non-hydrogen) atoms. The molecule has 11 heteroatoms. The minimum Gasteiger partial charge on any atom is -0.493 e. The number of anilines is 2. The molecule has 0 atom stereocenters. The van der Waals surface area contributed by atoms with Gasteiger partial charge in [0.15, 0.2) is 28.5 Å². The molecule has 2 aromatic heterocycles. The lowest BCUT2D eigenvalue weighted by Gasteiger charge is -2.35. The molecule has 2 aromatic carbocycles. The highest BCUT2D eigenvalue weighted by Gasteiger charge is 2.26. The molecule has 0 saturated carbocycles. The Kier molecular flexibility index (Phi) is 6.47. The maximum atomic E-state index is 13.0. The Balaban J connectivity index is 1.44. The number of hydrogen-bond acceptors (Lipinski definition) is 10. The zero-order chi connectivity index (χ0) is 25.2. The van der Waals surface area contributed by atoms with Crippen molar-refractivity contribution in [2.75, 3.05) is 51.0 Å². The smallest absolute Gasteiger partial charge is 0.255 e. The van der Waals surface area contributed by atoms with Crippen LogP contribution < -0.4 is 20.1 Å². The van der Waals surface area contributed by atoms with Gasteiger partial charge < -0.3 is 25.0 Å². The maximum Gasteiger partial charge on any atom is 0.255 e. The lowest BCUT2D eigenvalue weighted by Crippen LogP contribution is -2.49. The van der Waals surface area contributed by atoms with E-state index < -0.39 is 0 Å². The fourth-order valence-electron chi connectivity index (χ4n) is 4.21. The number of hydrogen-bond donors (Lipinski definition) is 2. The summed E-state index contributed by atoms with van der Waals surface area (Å²) in [6, 6.07) is 12.9. The second-order valence-electron chi connectivity index (χ2n) is 8.20. The molecule has 0 bridgehead atoms. The van der Waals surface area contributed by atoms with Crippen molar-refractivity contribution >= 4 is 41.5 Å². The van der Waals surface area contributed by atoms with E-state index in [9.17, 15) is 4.79 Å². The molecule has 2 N–H and O–H groups in total. The highest BCUT2D eigenvalue weighted by Crippen LogP contribution is 2.33. The van der Waals surface area contributed by atoms with E-state index in [0.29, 0.717) is 70.8 Å². The van der Waals surface area contributed by atoms with Crippen LogP contribution in [-0.4, -0.2) is 71.1 Å². The Bertz CT molecular complexity index is 1440. The second-order valence-corrected chi connectivity index (χ2v) is 8.68. The van der Waals surface area contributed by atoms with Gasteiger partial charge >= 0.3 is 0 Å². The molecule has 10 nitrogen and oxygen atoms in total. The molecule has 184 valence electrons. The summed E-state index contributed by atoms with van der Waals surface area (Å²) in [6.07, 6.45) is 1.64. The molecule has 0 spiro atoms. The summed E-state index contributed by atoms with van der Waals surface area (Å²) in [7, 11) is 3.17. The van der Waals surface area contributed by atoms with E-state index in [1.807, 2.05) is 41.3 Å². The summed E-state index contributed by atoms with van der Waals surface area (Å²) in [5.41, 5.74) is 8.99. The normalized spacial score (nSPS) is 13.6. The number of carbonyl (C=O) groups excluding carboxylic acids is 1. The van der Waals surface area contributed by atoms with Gasteiger partial charge in [-0.15, -0.1) is 12.6 Å². The number of amides is 1. The van der Waals surface area contributed by atoms with Gasteiger partial charge in [-0.25, -0.2) is 9.97 Å². The van der Waals surface area contributed by atoms with Crippen LogP contribution >= 0.6 is 12.6 Å². The Morgan fingerprint density at radius 3 is 2.44 bits per heavy atom. The summed E-state index contributed by atoms with van der Waals surface area (Å²) in [6.45, 7) is 2.17.